The van der Waals surface area contributed by atoms with Gasteiger partial charge in [0.15, 0.2) is 0 Å². The van der Waals surface area contributed by atoms with E-state index in [9.17, 15) is 23.7 Å². The molecule has 2 saturated heterocycles. The number of hydrogen-bond donors (Lipinski definition) is 0. The summed E-state index contributed by atoms with van der Waals surface area (Å²) in [5.41, 5.74) is -0.225. The zero-order chi connectivity index (χ0) is 22.1. The molecule has 1 aromatic rings. The molecule has 7 nitrogen and oxygen atoms in total. The van der Waals surface area contributed by atoms with E-state index in [4.69, 9.17) is 4.74 Å². The largest absolute Gasteiger partial charge is 0.444 e. The van der Waals surface area contributed by atoms with Crippen LogP contribution in [0.2, 0.25) is 0 Å². The van der Waals surface area contributed by atoms with Crippen molar-refractivity contribution < 1.29 is 23.2 Å². The predicted octanol–water partition coefficient (Wildman–Crippen LogP) is 4.42. The van der Waals surface area contributed by atoms with Gasteiger partial charge in [0, 0.05) is 31.3 Å². The number of nitrogens with zero attached hydrogens (tertiary/aromatic N) is 3. The average molecular weight is 425 g/mol. The Balaban J connectivity index is 1.57. The first kappa shape index (κ1) is 22.4. The van der Waals surface area contributed by atoms with Crippen molar-refractivity contribution in [2.45, 2.75) is 63.5 Å². The van der Waals surface area contributed by atoms with Gasteiger partial charge in [0.2, 0.25) is 0 Å². The summed E-state index contributed by atoms with van der Waals surface area (Å²) >= 11 is 0. The number of benzene rings is 1. The van der Waals surface area contributed by atoms with Crippen molar-refractivity contribution in [3.05, 3.63) is 39.9 Å². The molecule has 1 amide bonds. The quantitative estimate of drug-likeness (QED) is 0.529. The first-order valence-electron chi connectivity index (χ1n) is 10.3. The molecule has 2 fully saturated rings. The number of piperidine rings is 2. The van der Waals surface area contributed by atoms with Crippen molar-refractivity contribution in [2.75, 3.05) is 26.2 Å². The monoisotopic (exact) mass is 425 g/mol. The molecule has 1 unspecified atom stereocenters. The van der Waals surface area contributed by atoms with E-state index < -0.39 is 22.4 Å². The van der Waals surface area contributed by atoms with E-state index >= 15 is 0 Å². The third-order valence-electron chi connectivity index (χ3n) is 5.77. The van der Waals surface area contributed by atoms with Gasteiger partial charge in [0.25, 0.3) is 11.6 Å². The van der Waals surface area contributed by atoms with Crippen molar-refractivity contribution in [1.82, 2.24) is 9.80 Å². The van der Waals surface area contributed by atoms with E-state index in [-0.39, 0.29) is 30.8 Å². The molecule has 0 N–H and O–H groups in total. The Morgan fingerprint density at radius 3 is 2.23 bits per heavy atom. The summed E-state index contributed by atoms with van der Waals surface area (Å²) in [6.07, 6.45) is 1.20. The molecule has 1 atom stereocenters. The number of hydrogen-bond acceptors (Lipinski definition) is 5. The maximum Gasteiger partial charge on any atom is 0.410 e. The van der Waals surface area contributed by atoms with Crippen molar-refractivity contribution in [2.24, 2.45) is 0 Å². The second kappa shape index (κ2) is 8.45. The van der Waals surface area contributed by atoms with Crippen molar-refractivity contribution in [3.8, 4) is 0 Å². The van der Waals surface area contributed by atoms with E-state index in [0.29, 0.717) is 38.0 Å². The standard InChI is InChI=1S/C21H29F2N3O4/c1-20(2,3)30-19(27)24-11-8-16(9-12-24)25-13-10-18(21(22,23)14-25)15-4-6-17(7-5-15)26(28)29/h4-7,16,18H,8-14H2,1-3H3. The molecule has 2 heterocycles. The highest BCUT2D eigenvalue weighted by atomic mass is 19.3. The van der Waals surface area contributed by atoms with Gasteiger partial charge in [-0.25, -0.2) is 13.6 Å². The highest BCUT2D eigenvalue weighted by Gasteiger charge is 2.47. The predicted molar refractivity (Wildman–Crippen MR) is 108 cm³/mol. The van der Waals surface area contributed by atoms with Crippen LogP contribution < -0.4 is 0 Å². The molecule has 9 heteroatoms. The SMILES string of the molecule is CC(C)(C)OC(=O)N1CCC(N2CCC(c3ccc([N+](=O)[O-])cc3)C(F)(F)C2)CC1. The fraction of sp³-hybridized carbons (Fsp3) is 0.667. The summed E-state index contributed by atoms with van der Waals surface area (Å²) in [4.78, 5) is 25.9. The molecule has 166 valence electrons. The molecular weight excluding hydrogens is 396 g/mol. The number of halogens is 2. The van der Waals surface area contributed by atoms with Crippen molar-refractivity contribution in [1.29, 1.82) is 0 Å². The first-order chi connectivity index (χ1) is 14.0. The number of amides is 1. The Morgan fingerprint density at radius 2 is 1.73 bits per heavy atom. The molecule has 0 radical (unpaired) electrons. The third kappa shape index (κ3) is 5.24. The van der Waals surface area contributed by atoms with Gasteiger partial charge in [-0.1, -0.05) is 12.1 Å². The van der Waals surface area contributed by atoms with Gasteiger partial charge in [0.05, 0.1) is 17.4 Å². The van der Waals surface area contributed by atoms with Crippen LogP contribution in [0.3, 0.4) is 0 Å². The first-order valence-corrected chi connectivity index (χ1v) is 10.3. The van der Waals surface area contributed by atoms with Gasteiger partial charge in [-0.05, 0) is 52.1 Å². The van der Waals surface area contributed by atoms with Crippen LogP contribution in [0.1, 0.15) is 51.5 Å². The molecule has 0 bridgehead atoms. The molecular formula is C21H29F2N3O4. The number of non-ortho nitro benzene ring substituents is 1. The Morgan fingerprint density at radius 1 is 1.13 bits per heavy atom. The highest BCUT2D eigenvalue weighted by Crippen LogP contribution is 2.41. The van der Waals surface area contributed by atoms with Gasteiger partial charge < -0.3 is 9.64 Å². The van der Waals surface area contributed by atoms with Gasteiger partial charge in [0.1, 0.15) is 5.60 Å². The summed E-state index contributed by atoms with van der Waals surface area (Å²) in [6, 6.07) is 5.44. The van der Waals surface area contributed by atoms with E-state index in [1.54, 1.807) is 4.90 Å². The van der Waals surface area contributed by atoms with Crippen LogP contribution in [0.15, 0.2) is 24.3 Å². The topological polar surface area (TPSA) is 75.9 Å². The van der Waals surface area contributed by atoms with E-state index in [1.165, 1.54) is 24.3 Å². The lowest BCUT2D eigenvalue weighted by Gasteiger charge is -2.44. The van der Waals surface area contributed by atoms with Crippen molar-refractivity contribution in [3.63, 3.8) is 0 Å². The van der Waals surface area contributed by atoms with Gasteiger partial charge >= 0.3 is 6.09 Å². The molecule has 0 aliphatic carbocycles. The fourth-order valence-electron chi connectivity index (χ4n) is 4.26. The van der Waals surface area contributed by atoms with Crippen molar-refractivity contribution >= 4 is 11.8 Å². The Kier molecular flexibility index (Phi) is 6.31. The zero-order valence-corrected chi connectivity index (χ0v) is 17.6. The zero-order valence-electron chi connectivity index (χ0n) is 17.6. The molecule has 0 saturated carbocycles. The molecule has 30 heavy (non-hydrogen) atoms. The Labute approximate surface area is 175 Å². The van der Waals surface area contributed by atoms with Gasteiger partial charge in [-0.3, -0.25) is 15.0 Å². The number of rotatable bonds is 3. The number of carbonyl (C=O) groups excluding carboxylic acids is 1. The molecule has 0 spiro atoms. The summed E-state index contributed by atoms with van der Waals surface area (Å²) in [5.74, 6) is -3.87. The maximum atomic E-state index is 14.9. The number of alkyl halides is 2. The number of carbonyl (C=O) groups is 1. The van der Waals surface area contributed by atoms with Crippen LogP contribution >= 0.6 is 0 Å². The number of nitro groups is 1. The normalized spacial score (nSPS) is 23.2. The second-order valence-electron chi connectivity index (χ2n) is 9.12. The molecule has 3 rings (SSSR count). The Bertz CT molecular complexity index is 771. The van der Waals surface area contributed by atoms with E-state index in [0.717, 1.165) is 0 Å². The van der Waals surface area contributed by atoms with Crippen LogP contribution in [0.4, 0.5) is 19.3 Å². The lowest BCUT2D eigenvalue weighted by atomic mass is 9.85. The lowest BCUT2D eigenvalue weighted by molar-refractivity contribution is -0.384. The minimum Gasteiger partial charge on any atom is -0.444 e. The van der Waals surface area contributed by atoms with E-state index in [1.807, 2.05) is 25.7 Å². The summed E-state index contributed by atoms with van der Waals surface area (Å²) < 4.78 is 35.3. The summed E-state index contributed by atoms with van der Waals surface area (Å²) in [7, 11) is 0. The smallest absolute Gasteiger partial charge is 0.410 e. The second-order valence-corrected chi connectivity index (χ2v) is 9.12. The Hall–Kier alpha value is -2.29. The average Bonchev–Trinajstić information content (AvgIpc) is 2.66. The van der Waals surface area contributed by atoms with E-state index in [2.05, 4.69) is 0 Å². The third-order valence-corrected chi connectivity index (χ3v) is 5.77. The summed E-state index contributed by atoms with van der Waals surface area (Å²) in [6.45, 7) is 6.62. The van der Waals surface area contributed by atoms with Gasteiger partial charge in [-0.15, -0.1) is 0 Å². The molecule has 1 aromatic carbocycles. The maximum absolute atomic E-state index is 14.9. The molecule has 2 aliphatic heterocycles. The van der Waals surface area contributed by atoms with Crippen LogP contribution in [0, 0.1) is 10.1 Å². The molecule has 0 aromatic heterocycles. The minimum absolute atomic E-state index is 0.00683. The summed E-state index contributed by atoms with van der Waals surface area (Å²) in [5, 5.41) is 10.8. The lowest BCUT2D eigenvalue weighted by Crippen LogP contribution is -2.54. The number of ether oxygens (including phenoxy) is 1. The van der Waals surface area contributed by atoms with Gasteiger partial charge in [-0.2, -0.15) is 0 Å². The fourth-order valence-corrected chi connectivity index (χ4v) is 4.26. The number of nitro benzene ring substituents is 1. The highest BCUT2D eigenvalue weighted by molar-refractivity contribution is 5.68. The van der Waals surface area contributed by atoms with Crippen LogP contribution in [0.5, 0.6) is 0 Å². The van der Waals surface area contributed by atoms with Crippen LogP contribution in [0.25, 0.3) is 0 Å². The number of likely N-dealkylation sites (tertiary alicyclic amines) is 2. The van der Waals surface area contributed by atoms with Crippen LogP contribution in [-0.4, -0.2) is 64.6 Å². The molecule has 2 aliphatic rings. The van der Waals surface area contributed by atoms with Crippen LogP contribution in [-0.2, 0) is 4.74 Å². The minimum atomic E-state index is -2.92.